The molecule has 1 fully saturated rings. The molecule has 0 radical (unpaired) electrons. The van der Waals surface area contributed by atoms with E-state index in [4.69, 9.17) is 4.74 Å². The second kappa shape index (κ2) is 6.97. The fourth-order valence-electron chi connectivity index (χ4n) is 3.23. The van der Waals surface area contributed by atoms with E-state index in [2.05, 4.69) is 10.3 Å². The van der Waals surface area contributed by atoms with Gasteiger partial charge in [0.25, 0.3) is 11.8 Å². The van der Waals surface area contributed by atoms with Gasteiger partial charge in [0.2, 0.25) is 5.91 Å². The third-order valence-corrected chi connectivity index (χ3v) is 4.58. The van der Waals surface area contributed by atoms with Crippen LogP contribution in [0, 0.1) is 5.82 Å². The summed E-state index contributed by atoms with van der Waals surface area (Å²) >= 11 is 0. The lowest BCUT2D eigenvalue weighted by molar-refractivity contribution is -0.119. The number of cyclic esters (lactones) is 1. The van der Waals surface area contributed by atoms with Crippen LogP contribution < -0.4 is 15.1 Å². The minimum atomic E-state index is -0.852. The molecule has 10 heteroatoms. The molecule has 1 atom stereocenters. The zero-order valence-corrected chi connectivity index (χ0v) is 15.2. The van der Waals surface area contributed by atoms with E-state index in [1.54, 1.807) is 0 Å². The molecule has 0 unspecified atom stereocenters. The fourth-order valence-corrected chi connectivity index (χ4v) is 3.23. The molecule has 4 amide bonds. The van der Waals surface area contributed by atoms with Crippen molar-refractivity contribution in [1.29, 1.82) is 0 Å². The fraction of sp³-hybridized carbons (Fsp3) is 0.211. The molecule has 2 aromatic rings. The van der Waals surface area contributed by atoms with Crippen LogP contribution >= 0.6 is 0 Å². The van der Waals surface area contributed by atoms with Crippen LogP contribution in [0.2, 0.25) is 0 Å². The second-order valence-electron chi connectivity index (χ2n) is 6.53. The number of pyridine rings is 1. The number of nitrogens with one attached hydrogen (secondary N) is 1. The van der Waals surface area contributed by atoms with Gasteiger partial charge in [-0.15, -0.1) is 0 Å². The lowest BCUT2D eigenvalue weighted by Gasteiger charge is -2.18. The molecule has 0 spiro atoms. The van der Waals surface area contributed by atoms with E-state index < -0.39 is 29.8 Å². The van der Waals surface area contributed by atoms with Crippen molar-refractivity contribution in [3.05, 3.63) is 53.6 Å². The lowest BCUT2D eigenvalue weighted by atomic mass is 10.2. The van der Waals surface area contributed by atoms with E-state index >= 15 is 0 Å². The number of hydrogen-bond acceptors (Lipinski definition) is 6. The summed E-state index contributed by atoms with van der Waals surface area (Å²) in [6, 6.07) is 6.68. The van der Waals surface area contributed by atoms with E-state index in [9.17, 15) is 23.6 Å². The van der Waals surface area contributed by atoms with Crippen molar-refractivity contribution in [3.8, 4) is 0 Å². The number of rotatable bonds is 4. The first-order valence-corrected chi connectivity index (χ1v) is 8.72. The Bertz CT molecular complexity index is 1020. The normalized spacial score (nSPS) is 18.1. The zero-order chi connectivity index (χ0) is 20.7. The maximum absolute atomic E-state index is 14.8. The van der Waals surface area contributed by atoms with Gasteiger partial charge in [0, 0.05) is 13.1 Å². The molecule has 0 aliphatic carbocycles. The molecule has 0 saturated carbocycles. The Kier molecular flexibility index (Phi) is 4.45. The topological polar surface area (TPSA) is 109 Å². The number of aromatic nitrogens is 1. The number of carbonyl (C=O) groups excluding carboxylic acids is 4. The van der Waals surface area contributed by atoms with E-state index in [1.807, 2.05) is 0 Å². The number of carbonyl (C=O) groups is 4. The van der Waals surface area contributed by atoms with Gasteiger partial charge in [-0.2, -0.15) is 0 Å². The first-order valence-electron chi connectivity index (χ1n) is 8.72. The molecular formula is C19H15FN4O5. The number of fused-ring (bicyclic) bond motifs is 1. The SMILES string of the molecule is CC(=O)NC[C@H]1CN(c2ccc(N3C(=O)c4cccnc4C3=O)c(F)c2)C(=O)O1. The molecule has 1 aromatic heterocycles. The molecule has 1 aromatic carbocycles. The summed E-state index contributed by atoms with van der Waals surface area (Å²) < 4.78 is 19.9. The Morgan fingerprint density at radius 1 is 1.28 bits per heavy atom. The maximum Gasteiger partial charge on any atom is 0.414 e. The Morgan fingerprint density at radius 3 is 2.76 bits per heavy atom. The minimum absolute atomic E-state index is 0.0371. The number of halogens is 1. The summed E-state index contributed by atoms with van der Waals surface area (Å²) in [6.45, 7) is 1.60. The van der Waals surface area contributed by atoms with Crippen LogP contribution in [0.4, 0.5) is 20.6 Å². The number of imide groups is 1. The summed E-state index contributed by atoms with van der Waals surface area (Å²) in [7, 11) is 0. The summed E-state index contributed by atoms with van der Waals surface area (Å²) in [6.07, 6.45) is 0.123. The second-order valence-corrected chi connectivity index (χ2v) is 6.53. The van der Waals surface area contributed by atoms with Crippen molar-refractivity contribution in [2.45, 2.75) is 13.0 Å². The van der Waals surface area contributed by atoms with Gasteiger partial charge in [0.05, 0.1) is 30.0 Å². The van der Waals surface area contributed by atoms with E-state index in [1.165, 1.54) is 42.3 Å². The highest BCUT2D eigenvalue weighted by Crippen LogP contribution is 2.32. The molecule has 1 saturated heterocycles. The number of hydrogen-bond donors (Lipinski definition) is 1. The third kappa shape index (κ3) is 3.18. The van der Waals surface area contributed by atoms with Gasteiger partial charge in [-0.05, 0) is 30.3 Å². The summed E-state index contributed by atoms with van der Waals surface area (Å²) in [4.78, 5) is 53.9. The van der Waals surface area contributed by atoms with Gasteiger partial charge in [-0.1, -0.05) is 0 Å². The lowest BCUT2D eigenvalue weighted by Crippen LogP contribution is -2.33. The average Bonchev–Trinajstić information content (AvgIpc) is 3.19. The minimum Gasteiger partial charge on any atom is -0.442 e. The van der Waals surface area contributed by atoms with Crippen LogP contribution in [0.3, 0.4) is 0 Å². The van der Waals surface area contributed by atoms with Crippen molar-refractivity contribution in [2.24, 2.45) is 0 Å². The molecule has 3 heterocycles. The van der Waals surface area contributed by atoms with Crippen LogP contribution in [-0.4, -0.2) is 48.0 Å². The predicted octanol–water partition coefficient (Wildman–Crippen LogP) is 1.48. The Hall–Kier alpha value is -3.82. The molecule has 29 heavy (non-hydrogen) atoms. The summed E-state index contributed by atoms with van der Waals surface area (Å²) in [5.74, 6) is -2.49. The number of benzene rings is 1. The Labute approximate surface area is 164 Å². The highest BCUT2D eigenvalue weighted by molar-refractivity contribution is 6.33. The van der Waals surface area contributed by atoms with Crippen molar-refractivity contribution >= 4 is 35.2 Å². The van der Waals surface area contributed by atoms with Gasteiger partial charge >= 0.3 is 6.09 Å². The van der Waals surface area contributed by atoms with Gasteiger partial charge in [-0.25, -0.2) is 14.1 Å². The highest BCUT2D eigenvalue weighted by atomic mass is 19.1. The van der Waals surface area contributed by atoms with Crippen LogP contribution in [-0.2, 0) is 9.53 Å². The van der Waals surface area contributed by atoms with Gasteiger partial charge in [0.15, 0.2) is 0 Å². The first-order chi connectivity index (χ1) is 13.9. The van der Waals surface area contributed by atoms with E-state index in [0.717, 1.165) is 11.0 Å². The predicted molar refractivity (Wildman–Crippen MR) is 98.1 cm³/mol. The first kappa shape index (κ1) is 18.5. The molecule has 0 bridgehead atoms. The molecule has 2 aliphatic heterocycles. The van der Waals surface area contributed by atoms with Crippen LogP contribution in [0.25, 0.3) is 0 Å². The largest absolute Gasteiger partial charge is 0.442 e. The highest BCUT2D eigenvalue weighted by Gasteiger charge is 2.39. The van der Waals surface area contributed by atoms with Gasteiger partial charge in [0.1, 0.15) is 17.6 Å². The molecule has 148 valence electrons. The summed E-state index contributed by atoms with van der Waals surface area (Å²) in [5, 5.41) is 2.55. The number of nitrogens with zero attached hydrogens (tertiary/aromatic N) is 3. The number of anilines is 2. The van der Waals surface area contributed by atoms with Gasteiger partial charge in [-0.3, -0.25) is 24.3 Å². The van der Waals surface area contributed by atoms with Crippen molar-refractivity contribution in [2.75, 3.05) is 22.9 Å². The molecule has 2 aliphatic rings. The standard InChI is InChI=1S/C19H15FN4O5/c1-10(25)22-8-12-9-23(19(28)29-12)11-4-5-15(14(20)7-11)24-17(26)13-3-2-6-21-16(13)18(24)27/h2-7,12H,8-9H2,1H3,(H,22,25)/t12-/m0/s1. The third-order valence-electron chi connectivity index (χ3n) is 4.58. The Balaban J connectivity index is 1.57. The average molecular weight is 398 g/mol. The quantitative estimate of drug-likeness (QED) is 0.782. The maximum atomic E-state index is 14.8. The molecule has 1 N–H and O–H groups in total. The van der Waals surface area contributed by atoms with Crippen LogP contribution in [0.5, 0.6) is 0 Å². The van der Waals surface area contributed by atoms with Crippen molar-refractivity contribution in [3.63, 3.8) is 0 Å². The van der Waals surface area contributed by atoms with E-state index in [-0.39, 0.29) is 41.6 Å². The van der Waals surface area contributed by atoms with Crippen LogP contribution in [0.15, 0.2) is 36.5 Å². The zero-order valence-electron chi connectivity index (χ0n) is 15.2. The van der Waals surface area contributed by atoms with Crippen molar-refractivity contribution in [1.82, 2.24) is 10.3 Å². The number of ether oxygens (including phenoxy) is 1. The molecular weight excluding hydrogens is 383 g/mol. The van der Waals surface area contributed by atoms with Crippen LogP contribution in [0.1, 0.15) is 27.8 Å². The summed E-state index contributed by atoms with van der Waals surface area (Å²) in [5.41, 5.74) is 0.0373. The van der Waals surface area contributed by atoms with Gasteiger partial charge < -0.3 is 10.1 Å². The van der Waals surface area contributed by atoms with Crippen molar-refractivity contribution < 1.29 is 28.3 Å². The monoisotopic (exact) mass is 398 g/mol. The Morgan fingerprint density at radius 2 is 2.07 bits per heavy atom. The smallest absolute Gasteiger partial charge is 0.414 e. The number of amides is 4. The molecule has 9 nitrogen and oxygen atoms in total. The molecule has 4 rings (SSSR count). The van der Waals surface area contributed by atoms with E-state index in [0.29, 0.717) is 0 Å².